The Morgan fingerprint density at radius 2 is 1.70 bits per heavy atom. The zero-order chi connectivity index (χ0) is 20.0. The van der Waals surface area contributed by atoms with Crippen LogP contribution in [0.5, 0.6) is 0 Å². The Kier molecular flexibility index (Phi) is 6.81. The molecule has 9 heteroatoms. The van der Waals surface area contributed by atoms with E-state index in [-0.39, 0.29) is 12.3 Å². The number of aryl methyl sites for hydroxylation is 2. The molecule has 0 aromatic heterocycles. The van der Waals surface area contributed by atoms with Crippen LogP contribution in [-0.4, -0.2) is 26.5 Å². The van der Waals surface area contributed by atoms with Crippen molar-refractivity contribution in [2.24, 2.45) is 0 Å². The lowest BCUT2D eigenvalue weighted by atomic mass is 10.1. The maximum Gasteiger partial charge on any atom is 0.269 e. The summed E-state index contributed by atoms with van der Waals surface area (Å²) in [5.41, 5.74) is 7.22. The minimum Gasteiger partial charge on any atom is -0.284 e. The first-order chi connectivity index (χ1) is 12.6. The Morgan fingerprint density at radius 1 is 1.04 bits per heavy atom. The molecule has 0 aliphatic heterocycles. The molecule has 0 atom stereocenters. The maximum atomic E-state index is 12.0. The summed E-state index contributed by atoms with van der Waals surface area (Å²) in [5, 5.41) is 0.475. The Bertz CT molecular complexity index is 944. The van der Waals surface area contributed by atoms with E-state index in [9.17, 15) is 18.0 Å². The fourth-order valence-electron chi connectivity index (χ4n) is 2.21. The molecule has 0 saturated carbocycles. The molecule has 0 heterocycles. The van der Waals surface area contributed by atoms with Gasteiger partial charge in [0.25, 0.3) is 5.91 Å². The molecule has 3 N–H and O–H groups in total. The summed E-state index contributed by atoms with van der Waals surface area (Å²) < 4.78 is 24.7. The van der Waals surface area contributed by atoms with Gasteiger partial charge in [0.2, 0.25) is 15.9 Å². The van der Waals surface area contributed by atoms with Gasteiger partial charge in [0, 0.05) is 22.7 Å². The number of benzene rings is 2. The number of carbonyl (C=O) groups is 2. The quantitative estimate of drug-likeness (QED) is 0.637. The van der Waals surface area contributed by atoms with E-state index in [4.69, 9.17) is 11.6 Å². The Labute approximate surface area is 163 Å². The number of hydrogen-bond acceptors (Lipinski definition) is 4. The summed E-state index contributed by atoms with van der Waals surface area (Å²) in [7, 11) is -3.32. The zero-order valence-electron chi connectivity index (χ0n) is 14.9. The van der Waals surface area contributed by atoms with Crippen LogP contribution in [-0.2, 0) is 21.2 Å². The topological polar surface area (TPSA) is 104 Å². The summed E-state index contributed by atoms with van der Waals surface area (Å²) >= 11 is 5.98. The molecule has 2 rings (SSSR count). The number of hydrazine groups is 1. The van der Waals surface area contributed by atoms with Crippen molar-refractivity contribution in [1.29, 1.82) is 0 Å². The average Bonchev–Trinajstić information content (AvgIpc) is 2.60. The van der Waals surface area contributed by atoms with Crippen LogP contribution in [0.4, 0.5) is 5.69 Å². The van der Waals surface area contributed by atoms with E-state index in [1.807, 2.05) is 6.92 Å². The lowest BCUT2D eigenvalue weighted by molar-refractivity contribution is -0.121. The van der Waals surface area contributed by atoms with Gasteiger partial charge in [0.15, 0.2) is 0 Å². The molecule has 0 unspecified atom stereocenters. The second-order valence-electron chi connectivity index (χ2n) is 6.04. The number of rotatable bonds is 6. The van der Waals surface area contributed by atoms with Crippen LogP contribution < -0.4 is 15.6 Å². The van der Waals surface area contributed by atoms with E-state index >= 15 is 0 Å². The van der Waals surface area contributed by atoms with Gasteiger partial charge in [-0.15, -0.1) is 0 Å². The molecular weight excluding hydrogens is 390 g/mol. The molecule has 2 aromatic carbocycles. The third kappa shape index (κ3) is 6.92. The minimum atomic E-state index is -3.32. The largest absolute Gasteiger partial charge is 0.284 e. The van der Waals surface area contributed by atoms with Crippen molar-refractivity contribution in [1.82, 2.24) is 10.9 Å². The van der Waals surface area contributed by atoms with Gasteiger partial charge in [0.1, 0.15) is 0 Å². The minimum absolute atomic E-state index is 0.161. The standard InChI is InChI=1S/C18H20ClN3O4S/c1-12-3-7-14(11-16(12)19)18(24)21-20-17(23)10-6-13-4-8-15(9-5-13)22-27(2,25)26/h3-5,7-9,11,22H,6,10H2,1-2H3,(H,20,23)(H,21,24). The summed E-state index contributed by atoms with van der Waals surface area (Å²) in [5.74, 6) is -0.804. The Morgan fingerprint density at radius 3 is 2.30 bits per heavy atom. The van der Waals surface area contributed by atoms with Crippen LogP contribution in [0.25, 0.3) is 0 Å². The molecule has 0 aliphatic carbocycles. The zero-order valence-corrected chi connectivity index (χ0v) is 16.4. The van der Waals surface area contributed by atoms with Gasteiger partial charge in [-0.2, -0.15) is 0 Å². The van der Waals surface area contributed by atoms with E-state index < -0.39 is 15.9 Å². The molecule has 0 spiro atoms. The van der Waals surface area contributed by atoms with Crippen molar-refractivity contribution < 1.29 is 18.0 Å². The lowest BCUT2D eigenvalue weighted by Gasteiger charge is -2.09. The van der Waals surface area contributed by atoms with E-state index in [1.54, 1.807) is 36.4 Å². The number of halogens is 1. The highest BCUT2D eigenvalue weighted by Crippen LogP contribution is 2.16. The monoisotopic (exact) mass is 409 g/mol. The maximum absolute atomic E-state index is 12.0. The summed E-state index contributed by atoms with van der Waals surface area (Å²) in [6, 6.07) is 11.6. The normalized spacial score (nSPS) is 10.9. The smallest absolute Gasteiger partial charge is 0.269 e. The highest BCUT2D eigenvalue weighted by molar-refractivity contribution is 7.92. The molecule has 0 saturated heterocycles. The number of anilines is 1. The first-order valence-electron chi connectivity index (χ1n) is 8.06. The predicted molar refractivity (Wildman–Crippen MR) is 105 cm³/mol. The Balaban J connectivity index is 1.80. The van der Waals surface area contributed by atoms with Crippen molar-refractivity contribution in [3.05, 3.63) is 64.2 Å². The first kappa shape index (κ1) is 20.7. The lowest BCUT2D eigenvalue weighted by Crippen LogP contribution is -2.41. The second kappa shape index (κ2) is 8.88. The molecule has 2 aromatic rings. The number of carbonyl (C=O) groups excluding carboxylic acids is 2. The van der Waals surface area contributed by atoms with Gasteiger partial charge < -0.3 is 0 Å². The van der Waals surface area contributed by atoms with E-state index in [0.29, 0.717) is 22.7 Å². The van der Waals surface area contributed by atoms with Crippen molar-refractivity contribution in [3.63, 3.8) is 0 Å². The first-order valence-corrected chi connectivity index (χ1v) is 10.3. The third-order valence-electron chi connectivity index (χ3n) is 3.65. The predicted octanol–water partition coefficient (Wildman–Crippen LogP) is 2.41. The number of hydrogen-bond donors (Lipinski definition) is 3. The molecule has 0 radical (unpaired) electrons. The van der Waals surface area contributed by atoms with Crippen LogP contribution in [0.15, 0.2) is 42.5 Å². The number of nitrogens with one attached hydrogen (secondary N) is 3. The fourth-order valence-corrected chi connectivity index (χ4v) is 2.95. The molecule has 144 valence electrons. The van der Waals surface area contributed by atoms with Crippen LogP contribution in [0.2, 0.25) is 5.02 Å². The van der Waals surface area contributed by atoms with Crippen LogP contribution >= 0.6 is 11.6 Å². The second-order valence-corrected chi connectivity index (χ2v) is 8.19. The van der Waals surface area contributed by atoms with Crippen LogP contribution in [0.3, 0.4) is 0 Å². The van der Waals surface area contributed by atoms with Gasteiger partial charge >= 0.3 is 0 Å². The average molecular weight is 410 g/mol. The number of amides is 2. The van der Waals surface area contributed by atoms with Crippen molar-refractivity contribution >= 4 is 39.1 Å². The Hall–Kier alpha value is -2.58. The molecular formula is C18H20ClN3O4S. The van der Waals surface area contributed by atoms with Gasteiger partial charge in [-0.3, -0.25) is 25.2 Å². The highest BCUT2D eigenvalue weighted by Gasteiger charge is 2.09. The summed E-state index contributed by atoms with van der Waals surface area (Å²) in [6.45, 7) is 1.83. The molecule has 2 amide bonds. The molecule has 0 bridgehead atoms. The fraction of sp³-hybridized carbons (Fsp3) is 0.222. The van der Waals surface area contributed by atoms with Gasteiger partial charge in [0.05, 0.1) is 6.26 Å². The number of sulfonamides is 1. The van der Waals surface area contributed by atoms with Gasteiger partial charge in [-0.05, 0) is 48.7 Å². The SMILES string of the molecule is Cc1ccc(C(=O)NNC(=O)CCc2ccc(NS(C)(=O)=O)cc2)cc1Cl. The van der Waals surface area contributed by atoms with E-state index in [0.717, 1.165) is 17.4 Å². The highest BCUT2D eigenvalue weighted by atomic mass is 35.5. The molecule has 0 fully saturated rings. The summed E-state index contributed by atoms with van der Waals surface area (Å²) in [6.07, 6.45) is 1.68. The van der Waals surface area contributed by atoms with E-state index in [1.165, 1.54) is 6.07 Å². The van der Waals surface area contributed by atoms with Crippen molar-refractivity contribution in [2.75, 3.05) is 11.0 Å². The van der Waals surface area contributed by atoms with Gasteiger partial charge in [-0.1, -0.05) is 29.8 Å². The van der Waals surface area contributed by atoms with Crippen molar-refractivity contribution in [2.45, 2.75) is 19.8 Å². The molecule has 0 aliphatic rings. The van der Waals surface area contributed by atoms with Crippen molar-refractivity contribution in [3.8, 4) is 0 Å². The van der Waals surface area contributed by atoms with E-state index in [2.05, 4.69) is 15.6 Å². The van der Waals surface area contributed by atoms with Crippen LogP contribution in [0, 0.1) is 6.92 Å². The van der Waals surface area contributed by atoms with Crippen LogP contribution in [0.1, 0.15) is 27.9 Å². The molecule has 7 nitrogen and oxygen atoms in total. The van der Waals surface area contributed by atoms with Gasteiger partial charge in [-0.25, -0.2) is 8.42 Å². The summed E-state index contributed by atoms with van der Waals surface area (Å²) in [4.78, 5) is 23.9. The third-order valence-corrected chi connectivity index (χ3v) is 4.66. The molecule has 27 heavy (non-hydrogen) atoms.